The van der Waals surface area contributed by atoms with Crippen LogP contribution >= 0.6 is 23.3 Å². The lowest BCUT2D eigenvalue weighted by Crippen LogP contribution is -2.71. The zero-order valence-electron chi connectivity index (χ0n) is 29.8. The molecule has 2 aliphatic rings. The molecule has 4 aromatic rings. The summed E-state index contributed by atoms with van der Waals surface area (Å²) in [4.78, 5) is 62.8. The number of nitrogens with zero attached hydrogens (tertiary/aromatic N) is 4. The zero-order chi connectivity index (χ0) is 38.5. The van der Waals surface area contributed by atoms with Gasteiger partial charge in [0.2, 0.25) is 16.7 Å². The van der Waals surface area contributed by atoms with Gasteiger partial charge in [0.25, 0.3) is 18.7 Å². The number of anilines is 1. The van der Waals surface area contributed by atoms with Crippen LogP contribution in [0, 0.1) is 0 Å². The topological polar surface area (TPSA) is 161 Å². The third-order valence-electron chi connectivity index (χ3n) is 8.35. The van der Waals surface area contributed by atoms with Crippen molar-refractivity contribution in [3.63, 3.8) is 0 Å². The van der Waals surface area contributed by atoms with Crippen molar-refractivity contribution in [2.24, 2.45) is 5.16 Å². The number of nitrogens with one attached hydrogen (secondary N) is 2. The van der Waals surface area contributed by atoms with Crippen LogP contribution in [0.15, 0.2) is 107 Å². The smallest absolute Gasteiger partial charge is 0.355 e. The molecule has 1 fully saturated rings. The first-order valence-corrected chi connectivity index (χ1v) is 18.6. The maximum Gasteiger partial charge on any atom is 0.355 e. The molecular formula is C38H37FN6O7S2. The van der Waals surface area contributed by atoms with Crippen molar-refractivity contribution in [3.05, 3.63) is 125 Å². The van der Waals surface area contributed by atoms with Crippen LogP contribution < -0.4 is 10.6 Å². The van der Waals surface area contributed by atoms with Crippen LogP contribution in [0.2, 0.25) is 0 Å². The lowest BCUT2D eigenvalue weighted by atomic mass is 9.77. The van der Waals surface area contributed by atoms with Crippen LogP contribution in [0.3, 0.4) is 0 Å². The quantitative estimate of drug-likeness (QED) is 0.0608. The number of alkyl halides is 1. The predicted octanol–water partition coefficient (Wildman–Crippen LogP) is 5.15. The van der Waals surface area contributed by atoms with Crippen molar-refractivity contribution < 1.29 is 37.9 Å². The number of aromatic nitrogens is 2. The van der Waals surface area contributed by atoms with Crippen molar-refractivity contribution in [2.75, 3.05) is 24.5 Å². The fraction of sp³-hybridized carbons (Fsp3) is 0.289. The molecule has 0 radical (unpaired) electrons. The van der Waals surface area contributed by atoms with E-state index in [1.165, 1.54) is 23.6 Å². The molecule has 54 heavy (non-hydrogen) atoms. The van der Waals surface area contributed by atoms with Gasteiger partial charge in [-0.1, -0.05) is 96.2 Å². The molecule has 2 atom stereocenters. The van der Waals surface area contributed by atoms with E-state index >= 15 is 0 Å². The summed E-state index contributed by atoms with van der Waals surface area (Å²) in [5.74, 6) is -2.80. The Labute approximate surface area is 319 Å². The average molecular weight is 773 g/mol. The molecule has 280 valence electrons. The average Bonchev–Trinajstić information content (AvgIpc) is 3.63. The van der Waals surface area contributed by atoms with Gasteiger partial charge in [-0.05, 0) is 37.5 Å². The number of amides is 2. The highest BCUT2D eigenvalue weighted by Gasteiger charge is 2.55. The molecule has 3 heterocycles. The minimum atomic E-state index is -1.34. The number of esters is 2. The van der Waals surface area contributed by atoms with Crippen molar-refractivity contribution in [1.29, 1.82) is 0 Å². The lowest BCUT2D eigenvalue weighted by Gasteiger charge is -2.49. The third kappa shape index (κ3) is 7.99. The molecule has 0 saturated carbocycles. The predicted molar refractivity (Wildman–Crippen MR) is 201 cm³/mol. The summed E-state index contributed by atoms with van der Waals surface area (Å²) in [5.41, 5.74) is 0.756. The number of carbonyl (C=O) groups is 4. The van der Waals surface area contributed by atoms with Gasteiger partial charge in [-0.25, -0.2) is 9.18 Å². The van der Waals surface area contributed by atoms with Crippen LogP contribution in [-0.4, -0.2) is 80.0 Å². The van der Waals surface area contributed by atoms with Gasteiger partial charge in [0, 0.05) is 29.8 Å². The highest BCUT2D eigenvalue weighted by atomic mass is 32.2. The van der Waals surface area contributed by atoms with E-state index in [1.54, 1.807) is 20.8 Å². The van der Waals surface area contributed by atoms with Crippen molar-refractivity contribution in [1.82, 2.24) is 19.6 Å². The molecule has 2 N–H and O–H groups in total. The molecule has 16 heteroatoms. The second kappa shape index (κ2) is 16.2. The molecule has 2 aliphatic heterocycles. The Morgan fingerprint density at radius 3 is 2.04 bits per heavy atom. The largest absolute Gasteiger partial charge is 0.461 e. The molecule has 0 spiro atoms. The summed E-state index contributed by atoms with van der Waals surface area (Å²) in [6, 6.07) is 28.3. The van der Waals surface area contributed by atoms with Crippen LogP contribution in [0.25, 0.3) is 0 Å². The SMILES string of the molecule is CC(=O)OCC1=C(C(=O)OC(C)(C)C)N2C(=O)[C@@H](NC(=O)/C(=N\OCF)c3nsc(NC(c4ccccc4)(c4ccccc4)c4ccccc4)n3)[C@H]2SC1. The van der Waals surface area contributed by atoms with E-state index in [4.69, 9.17) is 9.47 Å². The standard InChI is InChI=1S/C38H37FN6O7S2/c1-23(46)50-20-24-21-53-34-29(33(48)45(34)30(24)35(49)52-37(2,3)4)40-32(47)28(43-51-22-39)31-41-36(54-44-31)42-38(25-14-8-5-9-15-25,26-16-10-6-11-17-26)27-18-12-7-13-19-27/h5-19,29,34H,20-22H2,1-4H3,(H,40,47)(H,41,42,44)/b43-28-/t29-,34-/m1/s1. The number of hydrogen-bond acceptors (Lipinski definition) is 13. The Morgan fingerprint density at radius 1 is 0.944 bits per heavy atom. The van der Waals surface area contributed by atoms with Gasteiger partial charge in [0.1, 0.15) is 34.9 Å². The Morgan fingerprint density at radius 2 is 1.52 bits per heavy atom. The number of ether oxygens (including phenoxy) is 2. The molecule has 0 bridgehead atoms. The van der Waals surface area contributed by atoms with Crippen molar-refractivity contribution in [2.45, 2.75) is 50.3 Å². The van der Waals surface area contributed by atoms with Crippen LogP contribution in [-0.2, 0) is 39.0 Å². The normalized spacial score (nSPS) is 17.2. The lowest BCUT2D eigenvalue weighted by molar-refractivity contribution is -0.159. The first kappa shape index (κ1) is 38.1. The second-order valence-corrected chi connectivity index (χ2v) is 15.0. The van der Waals surface area contributed by atoms with E-state index in [0.29, 0.717) is 10.7 Å². The molecular weight excluding hydrogens is 736 g/mol. The number of β-lactam (4-membered cyclic amide) rings is 1. The molecule has 1 saturated heterocycles. The molecule has 2 amide bonds. The Hall–Kier alpha value is -5.61. The summed E-state index contributed by atoms with van der Waals surface area (Å²) in [7, 11) is 0. The molecule has 3 aromatic carbocycles. The van der Waals surface area contributed by atoms with E-state index in [-0.39, 0.29) is 23.9 Å². The molecule has 0 unspecified atom stereocenters. The monoisotopic (exact) mass is 772 g/mol. The number of halogens is 1. The number of fused-ring (bicyclic) bond motifs is 1. The van der Waals surface area contributed by atoms with Crippen LogP contribution in [0.4, 0.5) is 9.52 Å². The summed E-state index contributed by atoms with van der Waals surface area (Å²) >= 11 is 2.22. The Balaban J connectivity index is 1.28. The summed E-state index contributed by atoms with van der Waals surface area (Å²) in [6.45, 7) is 4.74. The second-order valence-electron chi connectivity index (χ2n) is 13.2. The highest BCUT2D eigenvalue weighted by molar-refractivity contribution is 8.00. The van der Waals surface area contributed by atoms with Crippen molar-refractivity contribution in [3.8, 4) is 0 Å². The van der Waals surface area contributed by atoms with E-state index in [9.17, 15) is 23.6 Å². The van der Waals surface area contributed by atoms with E-state index in [1.807, 2.05) is 91.0 Å². The number of rotatable bonds is 13. The fourth-order valence-corrected chi connectivity index (χ4v) is 8.05. The first-order chi connectivity index (χ1) is 25.9. The maximum atomic E-state index is 13.8. The number of thioether (sulfide) groups is 1. The number of carbonyl (C=O) groups excluding carboxylic acids is 4. The van der Waals surface area contributed by atoms with Crippen molar-refractivity contribution >= 4 is 57.9 Å². The minimum Gasteiger partial charge on any atom is -0.461 e. The zero-order valence-corrected chi connectivity index (χ0v) is 31.4. The first-order valence-electron chi connectivity index (χ1n) is 16.8. The van der Waals surface area contributed by atoms with E-state index < -0.39 is 58.9 Å². The van der Waals surface area contributed by atoms with Gasteiger partial charge < -0.3 is 24.9 Å². The minimum absolute atomic E-state index is 0.0457. The molecule has 0 aliphatic carbocycles. The molecule has 1 aromatic heterocycles. The number of oxime groups is 1. The summed E-state index contributed by atoms with van der Waals surface area (Å²) in [6.07, 6.45) is 0. The number of benzene rings is 3. The van der Waals surface area contributed by atoms with Gasteiger partial charge in [-0.15, -0.1) is 11.8 Å². The Kier molecular flexibility index (Phi) is 11.4. The Bertz CT molecular complexity index is 1980. The van der Waals surface area contributed by atoms with Gasteiger partial charge in [0.05, 0.1) is 0 Å². The molecule has 6 rings (SSSR count). The van der Waals surface area contributed by atoms with E-state index in [2.05, 4.69) is 30.0 Å². The molecule has 13 nitrogen and oxygen atoms in total. The summed E-state index contributed by atoms with van der Waals surface area (Å²) in [5, 5.41) is 9.50. The third-order valence-corrected chi connectivity index (χ3v) is 10.3. The van der Waals surface area contributed by atoms with Crippen LogP contribution in [0.5, 0.6) is 0 Å². The fourth-order valence-electron chi connectivity index (χ4n) is 6.09. The van der Waals surface area contributed by atoms with Gasteiger partial charge in [0.15, 0.2) is 0 Å². The van der Waals surface area contributed by atoms with Gasteiger partial charge >= 0.3 is 11.9 Å². The van der Waals surface area contributed by atoms with Gasteiger partial charge in [-0.2, -0.15) is 9.36 Å². The maximum absolute atomic E-state index is 13.8. The van der Waals surface area contributed by atoms with E-state index in [0.717, 1.165) is 28.2 Å². The highest BCUT2D eigenvalue weighted by Crippen LogP contribution is 2.42. The summed E-state index contributed by atoms with van der Waals surface area (Å²) < 4.78 is 28.4. The van der Waals surface area contributed by atoms with Gasteiger partial charge in [-0.3, -0.25) is 19.3 Å². The number of hydrogen-bond donors (Lipinski definition) is 2. The van der Waals surface area contributed by atoms with Crippen LogP contribution in [0.1, 0.15) is 50.2 Å².